The summed E-state index contributed by atoms with van der Waals surface area (Å²) >= 11 is 0. The number of ether oxygens (including phenoxy) is 3. The zero-order valence-corrected chi connectivity index (χ0v) is 18.2. The van der Waals surface area contributed by atoms with E-state index in [-0.39, 0.29) is 24.0 Å². The molecule has 1 aliphatic rings. The van der Waals surface area contributed by atoms with Gasteiger partial charge in [0.2, 0.25) is 0 Å². The zero-order valence-electron chi connectivity index (χ0n) is 15.8. The van der Waals surface area contributed by atoms with Crippen LogP contribution in [0.2, 0.25) is 0 Å². The van der Waals surface area contributed by atoms with Gasteiger partial charge in [-0.2, -0.15) is 0 Å². The fourth-order valence-corrected chi connectivity index (χ4v) is 2.63. The van der Waals surface area contributed by atoms with Crippen LogP contribution < -0.4 is 20.1 Å². The van der Waals surface area contributed by atoms with E-state index in [1.807, 2.05) is 18.2 Å². The lowest BCUT2D eigenvalue weighted by atomic mass is 10.1. The van der Waals surface area contributed by atoms with Crippen molar-refractivity contribution >= 4 is 29.9 Å². The fourth-order valence-electron chi connectivity index (χ4n) is 2.63. The number of guanidine groups is 1. The third-order valence-electron chi connectivity index (χ3n) is 4.01. The molecule has 1 aromatic carbocycles. The van der Waals surface area contributed by atoms with Crippen molar-refractivity contribution in [2.24, 2.45) is 4.99 Å². The average Bonchev–Trinajstić information content (AvgIpc) is 2.66. The highest BCUT2D eigenvalue weighted by molar-refractivity contribution is 14.0. The number of nitrogens with zero attached hydrogens (tertiary/aromatic N) is 1. The van der Waals surface area contributed by atoms with E-state index in [9.17, 15) is 0 Å². The third kappa shape index (κ3) is 7.41. The predicted molar refractivity (Wildman–Crippen MR) is 116 cm³/mol. The molecule has 26 heavy (non-hydrogen) atoms. The van der Waals surface area contributed by atoms with Crippen molar-refractivity contribution in [3.05, 3.63) is 35.4 Å². The summed E-state index contributed by atoms with van der Waals surface area (Å²) < 4.78 is 15.9. The van der Waals surface area contributed by atoms with Crippen molar-refractivity contribution in [3.8, 4) is 11.5 Å². The summed E-state index contributed by atoms with van der Waals surface area (Å²) in [5.74, 6) is 2.27. The van der Waals surface area contributed by atoms with E-state index in [0.717, 1.165) is 62.2 Å². The highest BCUT2D eigenvalue weighted by Crippen LogP contribution is 2.27. The Bertz CT molecular complexity index is 606. The van der Waals surface area contributed by atoms with Crippen molar-refractivity contribution < 1.29 is 14.2 Å². The Hall–Kier alpha value is -1.48. The number of methoxy groups -OCH3 is 2. The lowest BCUT2D eigenvalue weighted by Gasteiger charge is -2.15. The molecule has 1 heterocycles. The first kappa shape index (κ1) is 22.6. The first-order chi connectivity index (χ1) is 12.3. The molecule has 7 heteroatoms. The number of hydrogen-bond donors (Lipinski definition) is 2. The summed E-state index contributed by atoms with van der Waals surface area (Å²) in [6.45, 7) is 5.90. The third-order valence-corrected chi connectivity index (χ3v) is 4.01. The van der Waals surface area contributed by atoms with Gasteiger partial charge >= 0.3 is 0 Å². The highest BCUT2D eigenvalue weighted by atomic mass is 127. The van der Waals surface area contributed by atoms with E-state index in [1.165, 1.54) is 5.57 Å². The van der Waals surface area contributed by atoms with Crippen LogP contribution in [0.3, 0.4) is 0 Å². The van der Waals surface area contributed by atoms with Gasteiger partial charge in [0.25, 0.3) is 0 Å². The molecular formula is C19H30IN3O3. The number of nitrogens with one attached hydrogen (secondary N) is 2. The van der Waals surface area contributed by atoms with Crippen LogP contribution in [0.4, 0.5) is 0 Å². The second kappa shape index (κ2) is 12.8. The summed E-state index contributed by atoms with van der Waals surface area (Å²) in [4.78, 5) is 4.65. The second-order valence-electron chi connectivity index (χ2n) is 5.75. The number of benzene rings is 1. The molecule has 1 aliphatic heterocycles. The Morgan fingerprint density at radius 1 is 1.19 bits per heavy atom. The van der Waals surface area contributed by atoms with Crippen molar-refractivity contribution in [1.29, 1.82) is 0 Å². The van der Waals surface area contributed by atoms with Crippen LogP contribution in [0.1, 0.15) is 25.3 Å². The van der Waals surface area contributed by atoms with Crippen LogP contribution in [0.15, 0.2) is 34.8 Å². The molecule has 0 saturated heterocycles. The summed E-state index contributed by atoms with van der Waals surface area (Å²) in [6.07, 6.45) is 4.23. The molecule has 0 bridgehead atoms. The Labute approximate surface area is 173 Å². The highest BCUT2D eigenvalue weighted by Gasteiger charge is 2.06. The van der Waals surface area contributed by atoms with Gasteiger partial charge in [-0.1, -0.05) is 17.7 Å². The normalized spacial score (nSPS) is 14.1. The minimum Gasteiger partial charge on any atom is -0.493 e. The largest absolute Gasteiger partial charge is 0.493 e. The monoisotopic (exact) mass is 475 g/mol. The topological polar surface area (TPSA) is 64.1 Å². The van der Waals surface area contributed by atoms with Crippen molar-refractivity contribution in [3.63, 3.8) is 0 Å². The van der Waals surface area contributed by atoms with E-state index in [0.29, 0.717) is 6.54 Å². The summed E-state index contributed by atoms with van der Waals surface area (Å²) in [7, 11) is 3.28. The molecule has 0 atom stereocenters. The Kier molecular flexibility index (Phi) is 11.1. The molecule has 0 saturated carbocycles. The zero-order chi connectivity index (χ0) is 17.9. The van der Waals surface area contributed by atoms with Gasteiger partial charge in [0, 0.05) is 13.1 Å². The predicted octanol–water partition coefficient (Wildman–Crippen LogP) is 3.11. The summed E-state index contributed by atoms with van der Waals surface area (Å²) in [6, 6.07) is 5.86. The maximum Gasteiger partial charge on any atom is 0.191 e. The lowest BCUT2D eigenvalue weighted by Crippen LogP contribution is -2.38. The average molecular weight is 475 g/mol. The summed E-state index contributed by atoms with van der Waals surface area (Å²) in [5.41, 5.74) is 2.52. The molecule has 2 rings (SSSR count). The molecule has 0 spiro atoms. The van der Waals surface area contributed by atoms with E-state index in [1.54, 1.807) is 14.2 Å². The van der Waals surface area contributed by atoms with Gasteiger partial charge in [-0.3, -0.25) is 0 Å². The van der Waals surface area contributed by atoms with E-state index >= 15 is 0 Å². The van der Waals surface area contributed by atoms with Crippen molar-refractivity contribution in [2.45, 2.75) is 26.3 Å². The minimum absolute atomic E-state index is 0. The number of aliphatic imine (C=N–C) groups is 1. The van der Waals surface area contributed by atoms with Gasteiger partial charge in [-0.05, 0) is 37.5 Å². The van der Waals surface area contributed by atoms with E-state index in [2.05, 4.69) is 28.6 Å². The maximum absolute atomic E-state index is 5.34. The molecule has 0 aliphatic carbocycles. The molecule has 0 radical (unpaired) electrons. The maximum atomic E-state index is 5.34. The number of rotatable bonds is 8. The van der Waals surface area contributed by atoms with Gasteiger partial charge in [-0.25, -0.2) is 4.99 Å². The molecule has 1 aromatic rings. The quantitative estimate of drug-likeness (QED) is 0.262. The minimum atomic E-state index is 0. The van der Waals surface area contributed by atoms with Crippen LogP contribution in [-0.2, 0) is 11.3 Å². The van der Waals surface area contributed by atoms with E-state index in [4.69, 9.17) is 14.2 Å². The van der Waals surface area contributed by atoms with Crippen molar-refractivity contribution in [2.75, 3.05) is 40.5 Å². The molecule has 0 unspecified atom stereocenters. The molecule has 2 N–H and O–H groups in total. The smallest absolute Gasteiger partial charge is 0.191 e. The Morgan fingerprint density at radius 2 is 2.00 bits per heavy atom. The van der Waals surface area contributed by atoms with Gasteiger partial charge in [0.05, 0.1) is 34.0 Å². The van der Waals surface area contributed by atoms with Crippen LogP contribution in [0.5, 0.6) is 11.5 Å². The van der Waals surface area contributed by atoms with Gasteiger partial charge in [-0.15, -0.1) is 24.0 Å². The molecular weight excluding hydrogens is 445 g/mol. The molecule has 0 amide bonds. The Morgan fingerprint density at radius 3 is 2.65 bits per heavy atom. The van der Waals surface area contributed by atoms with Gasteiger partial charge < -0.3 is 24.8 Å². The fraction of sp³-hybridized carbons (Fsp3) is 0.526. The molecule has 0 fully saturated rings. The standard InChI is InChI=1S/C19H29N3O3.HI/c1-4-20-19(21-10-7-15-8-11-25-12-9-15)22-14-16-5-6-17(23-2)18(13-16)24-3;/h5-6,8,13H,4,7,9-12,14H2,1-3H3,(H2,20,21,22);1H. The van der Waals surface area contributed by atoms with Gasteiger partial charge in [0.15, 0.2) is 17.5 Å². The van der Waals surface area contributed by atoms with Crippen LogP contribution in [-0.4, -0.2) is 46.5 Å². The second-order valence-corrected chi connectivity index (χ2v) is 5.75. The number of hydrogen-bond acceptors (Lipinski definition) is 4. The molecule has 6 nitrogen and oxygen atoms in total. The van der Waals surface area contributed by atoms with Crippen LogP contribution in [0, 0.1) is 0 Å². The molecule has 0 aromatic heterocycles. The lowest BCUT2D eigenvalue weighted by molar-refractivity contribution is 0.153. The van der Waals surface area contributed by atoms with E-state index < -0.39 is 0 Å². The van der Waals surface area contributed by atoms with Gasteiger partial charge in [0.1, 0.15) is 0 Å². The van der Waals surface area contributed by atoms with Crippen LogP contribution in [0.25, 0.3) is 0 Å². The van der Waals surface area contributed by atoms with Crippen molar-refractivity contribution in [1.82, 2.24) is 10.6 Å². The Balaban J connectivity index is 0.00000338. The first-order valence-electron chi connectivity index (χ1n) is 8.75. The molecule has 146 valence electrons. The van der Waals surface area contributed by atoms with Crippen LogP contribution >= 0.6 is 24.0 Å². The number of halogens is 1. The summed E-state index contributed by atoms with van der Waals surface area (Å²) in [5, 5.41) is 6.67. The first-order valence-corrected chi connectivity index (χ1v) is 8.75. The SMILES string of the molecule is CCNC(=NCc1ccc(OC)c(OC)c1)NCCC1=CCOCC1.I.